The summed E-state index contributed by atoms with van der Waals surface area (Å²) in [4.78, 5) is 4.32. The average Bonchev–Trinajstić information content (AvgIpc) is 3.70. The molecule has 0 aliphatic carbocycles. The van der Waals surface area contributed by atoms with Gasteiger partial charge in [-0.15, -0.1) is 59.5 Å². The number of imidazole rings is 1. The van der Waals surface area contributed by atoms with Crippen molar-refractivity contribution in [1.29, 1.82) is 0 Å². The SMILES string of the molecule is CC(C)[n+]1[c-]n(-c2[c-]c3c4cccc5c6ccccc6n(c3cc2)c45)cc1.Cc1ccc(-c2[c-]cccc2)nc1.[Ir+3]. The molecule has 0 unspecified atom stereocenters. The molecule has 4 aromatic carbocycles. The zero-order valence-electron chi connectivity index (χ0n) is 23.1. The third kappa shape index (κ3) is 4.71. The quantitative estimate of drug-likeness (QED) is 0.135. The summed E-state index contributed by atoms with van der Waals surface area (Å²) >= 11 is 0. The first-order chi connectivity index (χ1) is 19.6. The van der Waals surface area contributed by atoms with Crippen molar-refractivity contribution in [1.82, 2.24) is 14.0 Å². The Labute approximate surface area is 253 Å². The van der Waals surface area contributed by atoms with Gasteiger partial charge in [-0.2, -0.15) is 0 Å². The van der Waals surface area contributed by atoms with Gasteiger partial charge in [-0.25, -0.2) is 0 Å². The molecule has 0 fully saturated rings. The number of pyridine rings is 1. The van der Waals surface area contributed by atoms with Crippen molar-refractivity contribution in [3.05, 3.63) is 134 Å². The van der Waals surface area contributed by atoms with Crippen molar-refractivity contribution in [3.8, 4) is 16.9 Å². The van der Waals surface area contributed by atoms with E-state index in [0.29, 0.717) is 6.04 Å². The Morgan fingerprint density at radius 1 is 0.805 bits per heavy atom. The van der Waals surface area contributed by atoms with Crippen LogP contribution < -0.4 is 4.57 Å². The van der Waals surface area contributed by atoms with Gasteiger partial charge in [0.2, 0.25) is 6.33 Å². The van der Waals surface area contributed by atoms with E-state index in [9.17, 15) is 0 Å². The Bertz CT molecular complexity index is 2090. The van der Waals surface area contributed by atoms with Crippen molar-refractivity contribution >= 4 is 38.1 Å². The summed E-state index contributed by atoms with van der Waals surface area (Å²) in [7, 11) is 0. The van der Waals surface area contributed by atoms with Crippen LogP contribution in [0.5, 0.6) is 0 Å². The Balaban J connectivity index is 0.000000183. The number of aromatic nitrogens is 4. The van der Waals surface area contributed by atoms with E-state index in [2.05, 4.69) is 113 Å². The van der Waals surface area contributed by atoms with Crippen LogP contribution in [-0.2, 0) is 20.1 Å². The predicted molar refractivity (Wildman–Crippen MR) is 162 cm³/mol. The van der Waals surface area contributed by atoms with Gasteiger partial charge in [0, 0.05) is 35.0 Å². The van der Waals surface area contributed by atoms with Crippen molar-refractivity contribution in [2.45, 2.75) is 26.8 Å². The molecule has 0 bridgehead atoms. The van der Waals surface area contributed by atoms with Crippen LogP contribution in [0.1, 0.15) is 25.5 Å². The molecule has 0 aliphatic heterocycles. The Morgan fingerprint density at radius 3 is 2.37 bits per heavy atom. The summed E-state index contributed by atoms with van der Waals surface area (Å²) in [5.41, 5.74) is 7.96. The molecule has 5 heteroatoms. The molecule has 4 nitrogen and oxygen atoms in total. The number of para-hydroxylation sites is 2. The topological polar surface area (TPSA) is 26.1 Å². The normalized spacial score (nSPS) is 11.3. The van der Waals surface area contributed by atoms with E-state index in [1.807, 2.05) is 54.2 Å². The summed E-state index contributed by atoms with van der Waals surface area (Å²) in [5.74, 6) is 0. The third-order valence-electron chi connectivity index (χ3n) is 7.43. The second-order valence-corrected chi connectivity index (χ2v) is 10.4. The zero-order chi connectivity index (χ0) is 27.2. The van der Waals surface area contributed by atoms with E-state index in [-0.39, 0.29) is 20.1 Å². The molecule has 41 heavy (non-hydrogen) atoms. The molecular formula is C36H28IrN4+. The van der Waals surface area contributed by atoms with Gasteiger partial charge in [0.15, 0.2) is 0 Å². The number of hydrogen-bond acceptors (Lipinski definition) is 1. The first kappa shape index (κ1) is 26.9. The van der Waals surface area contributed by atoms with Gasteiger partial charge in [0.05, 0.1) is 6.04 Å². The van der Waals surface area contributed by atoms with E-state index in [0.717, 1.165) is 22.3 Å². The fourth-order valence-corrected chi connectivity index (χ4v) is 5.41. The molecule has 8 aromatic rings. The fraction of sp³-hybridized carbons (Fsp3) is 0.111. The summed E-state index contributed by atoms with van der Waals surface area (Å²) in [6, 6.07) is 38.7. The summed E-state index contributed by atoms with van der Waals surface area (Å²) in [6.07, 6.45) is 9.36. The van der Waals surface area contributed by atoms with Gasteiger partial charge in [-0.05, 0) is 54.7 Å². The molecule has 200 valence electrons. The molecule has 0 saturated heterocycles. The van der Waals surface area contributed by atoms with Crippen LogP contribution in [0.3, 0.4) is 0 Å². The Morgan fingerprint density at radius 2 is 1.61 bits per heavy atom. The first-order valence-electron chi connectivity index (χ1n) is 13.6. The second kappa shape index (κ2) is 10.9. The predicted octanol–water partition coefficient (Wildman–Crippen LogP) is 7.95. The zero-order valence-corrected chi connectivity index (χ0v) is 25.5. The molecule has 0 saturated carbocycles. The largest absolute Gasteiger partial charge is 3.00 e. The van der Waals surface area contributed by atoms with E-state index < -0.39 is 0 Å². The number of benzene rings is 4. The van der Waals surface area contributed by atoms with Gasteiger partial charge in [0.1, 0.15) is 0 Å². The molecule has 0 amide bonds. The van der Waals surface area contributed by atoms with Crippen molar-refractivity contribution < 1.29 is 24.7 Å². The van der Waals surface area contributed by atoms with Crippen LogP contribution in [0.15, 0.2) is 110 Å². The molecule has 0 aliphatic rings. The second-order valence-electron chi connectivity index (χ2n) is 10.4. The molecule has 4 aromatic heterocycles. The van der Waals surface area contributed by atoms with E-state index in [1.54, 1.807) is 0 Å². The van der Waals surface area contributed by atoms with Gasteiger partial charge in [-0.3, -0.25) is 0 Å². The smallest absolute Gasteiger partial charge is 0.358 e. The van der Waals surface area contributed by atoms with E-state index in [1.165, 1.54) is 38.3 Å². The van der Waals surface area contributed by atoms with Crippen molar-refractivity contribution in [2.75, 3.05) is 0 Å². The first-order valence-corrected chi connectivity index (χ1v) is 13.6. The minimum atomic E-state index is 0. The number of nitrogens with zero attached hydrogens (tertiary/aromatic N) is 4. The Kier molecular flexibility index (Phi) is 7.17. The van der Waals surface area contributed by atoms with Crippen molar-refractivity contribution in [3.63, 3.8) is 0 Å². The van der Waals surface area contributed by atoms with Gasteiger partial charge < -0.3 is 18.5 Å². The maximum absolute atomic E-state index is 4.32. The minimum absolute atomic E-state index is 0. The number of rotatable bonds is 3. The van der Waals surface area contributed by atoms with Crippen LogP contribution in [-0.4, -0.2) is 14.0 Å². The van der Waals surface area contributed by atoms with E-state index in [4.69, 9.17) is 0 Å². The molecule has 4 heterocycles. The van der Waals surface area contributed by atoms with E-state index >= 15 is 0 Å². The van der Waals surface area contributed by atoms with Crippen molar-refractivity contribution in [2.24, 2.45) is 0 Å². The number of aryl methyl sites for hydroxylation is 1. The van der Waals surface area contributed by atoms with Crippen LogP contribution in [0.2, 0.25) is 0 Å². The average molecular weight is 709 g/mol. The third-order valence-corrected chi connectivity index (χ3v) is 7.43. The van der Waals surface area contributed by atoms with Crippen LogP contribution >= 0.6 is 0 Å². The maximum Gasteiger partial charge on any atom is 3.00 e. The number of fused-ring (bicyclic) bond motifs is 6. The summed E-state index contributed by atoms with van der Waals surface area (Å²) in [6.45, 7) is 6.35. The molecule has 0 N–H and O–H groups in total. The maximum atomic E-state index is 4.32. The molecular weight excluding hydrogens is 681 g/mol. The van der Waals surface area contributed by atoms with Crippen LogP contribution in [0, 0.1) is 25.4 Å². The van der Waals surface area contributed by atoms with Gasteiger partial charge >= 0.3 is 20.1 Å². The summed E-state index contributed by atoms with van der Waals surface area (Å²) < 4.78 is 6.48. The van der Waals surface area contributed by atoms with Crippen LogP contribution in [0.4, 0.5) is 0 Å². The molecule has 0 spiro atoms. The molecule has 0 atom stereocenters. The molecule has 0 radical (unpaired) electrons. The van der Waals surface area contributed by atoms with Gasteiger partial charge in [0.25, 0.3) is 0 Å². The minimum Gasteiger partial charge on any atom is -0.358 e. The van der Waals surface area contributed by atoms with Crippen LogP contribution in [0.25, 0.3) is 55.0 Å². The Hall–Kier alpha value is -4.31. The summed E-state index contributed by atoms with van der Waals surface area (Å²) in [5, 5.41) is 5.03. The molecule has 8 rings (SSSR count). The number of hydrogen-bond donors (Lipinski definition) is 0. The standard InChI is InChI=1S/C24H18N3.C12H10N.Ir/c1-16(2)25-12-13-26(15-25)17-10-11-23-21(14-17)20-8-5-7-19-18-6-3-4-9-22(18)27(23)24(19)20;1-10-7-8-12(13-9-10)11-5-3-2-4-6-11;/h3-13,16H,1-2H3;2-5,7-9H,1H3;/q2*-1;+3. The fourth-order valence-electron chi connectivity index (χ4n) is 5.41. The monoisotopic (exact) mass is 709 g/mol. The van der Waals surface area contributed by atoms with Gasteiger partial charge in [-0.1, -0.05) is 53.9 Å².